The Morgan fingerprint density at radius 3 is 2.63 bits per heavy atom. The van der Waals surface area contributed by atoms with Crippen LogP contribution in [-0.2, 0) is 17.7 Å². The van der Waals surface area contributed by atoms with Crippen molar-refractivity contribution < 1.29 is 4.74 Å². The summed E-state index contributed by atoms with van der Waals surface area (Å²) >= 11 is 0. The minimum absolute atomic E-state index is 0.573. The van der Waals surface area contributed by atoms with Crippen LogP contribution in [0, 0.1) is 13.8 Å². The van der Waals surface area contributed by atoms with Crippen LogP contribution in [-0.4, -0.2) is 29.3 Å². The van der Waals surface area contributed by atoms with E-state index < -0.39 is 0 Å². The highest BCUT2D eigenvalue weighted by molar-refractivity contribution is 5.78. The van der Waals surface area contributed by atoms with Crippen molar-refractivity contribution in [1.29, 1.82) is 0 Å². The molecule has 2 aromatic rings. The summed E-state index contributed by atoms with van der Waals surface area (Å²) in [6.07, 6.45) is 0.934. The Labute approximate surface area is 114 Å². The number of hydrogen-bond donors (Lipinski definition) is 1. The Hall–Kier alpha value is -1.39. The minimum atomic E-state index is 0.573. The van der Waals surface area contributed by atoms with Crippen LogP contribution in [0.1, 0.15) is 23.9 Å². The van der Waals surface area contributed by atoms with Gasteiger partial charge in [-0.25, -0.2) is 4.98 Å². The van der Waals surface area contributed by atoms with Gasteiger partial charge in [-0.15, -0.1) is 0 Å². The molecule has 1 aromatic carbocycles. The number of nitrogens with two attached hydrogens (primary N) is 1. The fourth-order valence-corrected chi connectivity index (χ4v) is 2.29. The summed E-state index contributed by atoms with van der Waals surface area (Å²) in [6.45, 7) is 9.12. The maximum Gasteiger partial charge on any atom is 0.109 e. The van der Waals surface area contributed by atoms with E-state index in [1.165, 1.54) is 16.6 Å². The van der Waals surface area contributed by atoms with Gasteiger partial charge in [0.15, 0.2) is 0 Å². The SMILES string of the molecule is CCc1nc2cc(C)c(C)cc2n1CCOCCN. The van der Waals surface area contributed by atoms with Crippen molar-refractivity contribution in [2.75, 3.05) is 19.8 Å². The van der Waals surface area contributed by atoms with Crippen LogP contribution >= 0.6 is 0 Å². The molecule has 0 bridgehead atoms. The molecule has 4 heteroatoms. The molecule has 1 heterocycles. The molecular formula is C15H23N3O. The Balaban J connectivity index is 2.31. The highest BCUT2D eigenvalue weighted by Gasteiger charge is 2.10. The quantitative estimate of drug-likeness (QED) is 0.811. The number of hydrogen-bond acceptors (Lipinski definition) is 3. The van der Waals surface area contributed by atoms with Crippen molar-refractivity contribution in [3.05, 3.63) is 29.1 Å². The Bertz CT molecular complexity index is 560. The van der Waals surface area contributed by atoms with E-state index in [1.54, 1.807) is 0 Å². The lowest BCUT2D eigenvalue weighted by Crippen LogP contribution is -2.13. The fourth-order valence-electron chi connectivity index (χ4n) is 2.29. The van der Waals surface area contributed by atoms with E-state index in [0.717, 1.165) is 24.3 Å². The molecule has 0 saturated heterocycles. The molecular weight excluding hydrogens is 238 g/mol. The second kappa shape index (κ2) is 6.17. The maximum atomic E-state index is 5.48. The predicted molar refractivity (Wildman–Crippen MR) is 78.5 cm³/mol. The standard InChI is InChI=1S/C15H23N3O/c1-4-15-17-13-9-11(2)12(3)10-14(13)18(15)6-8-19-7-5-16/h9-10H,4-8,16H2,1-3H3. The van der Waals surface area contributed by atoms with Crippen molar-refractivity contribution >= 4 is 11.0 Å². The van der Waals surface area contributed by atoms with Crippen molar-refractivity contribution in [2.24, 2.45) is 5.73 Å². The van der Waals surface area contributed by atoms with Crippen LogP contribution in [0.2, 0.25) is 0 Å². The molecule has 4 nitrogen and oxygen atoms in total. The van der Waals surface area contributed by atoms with Crippen molar-refractivity contribution in [1.82, 2.24) is 9.55 Å². The van der Waals surface area contributed by atoms with Crippen LogP contribution in [0.25, 0.3) is 11.0 Å². The Morgan fingerprint density at radius 2 is 1.95 bits per heavy atom. The van der Waals surface area contributed by atoms with Crippen LogP contribution < -0.4 is 5.73 Å². The van der Waals surface area contributed by atoms with Crippen LogP contribution in [0.3, 0.4) is 0 Å². The second-order valence-corrected chi connectivity index (χ2v) is 4.86. The van der Waals surface area contributed by atoms with E-state index >= 15 is 0 Å². The number of nitrogens with zero attached hydrogens (tertiary/aromatic N) is 2. The van der Waals surface area contributed by atoms with E-state index in [-0.39, 0.29) is 0 Å². The van der Waals surface area contributed by atoms with Crippen molar-refractivity contribution in [2.45, 2.75) is 33.7 Å². The number of aromatic nitrogens is 2. The first-order chi connectivity index (χ1) is 9.17. The number of fused-ring (bicyclic) bond motifs is 1. The molecule has 0 saturated carbocycles. The van der Waals surface area contributed by atoms with Gasteiger partial charge in [-0.2, -0.15) is 0 Å². The summed E-state index contributed by atoms with van der Waals surface area (Å²) in [5.41, 5.74) is 10.3. The number of imidazole rings is 1. The van der Waals surface area contributed by atoms with Gasteiger partial charge in [0.05, 0.1) is 24.2 Å². The summed E-state index contributed by atoms with van der Waals surface area (Å²) in [5.74, 6) is 1.12. The zero-order valence-corrected chi connectivity index (χ0v) is 12.1. The number of aryl methyl sites for hydroxylation is 3. The third-order valence-electron chi connectivity index (χ3n) is 3.48. The van der Waals surface area contributed by atoms with E-state index in [0.29, 0.717) is 19.8 Å². The third kappa shape index (κ3) is 2.96. The van der Waals surface area contributed by atoms with E-state index in [1.807, 2.05) is 0 Å². The van der Waals surface area contributed by atoms with E-state index in [9.17, 15) is 0 Å². The van der Waals surface area contributed by atoms with Crippen molar-refractivity contribution in [3.63, 3.8) is 0 Å². The van der Waals surface area contributed by atoms with Gasteiger partial charge in [0, 0.05) is 19.5 Å². The van der Waals surface area contributed by atoms with Gasteiger partial charge in [0.1, 0.15) is 5.82 Å². The summed E-state index contributed by atoms with van der Waals surface area (Å²) in [7, 11) is 0. The third-order valence-corrected chi connectivity index (χ3v) is 3.48. The molecule has 0 fully saturated rings. The Kier molecular flexibility index (Phi) is 4.56. The first-order valence-corrected chi connectivity index (χ1v) is 6.91. The van der Waals surface area contributed by atoms with Gasteiger partial charge in [0.2, 0.25) is 0 Å². The zero-order chi connectivity index (χ0) is 13.8. The average Bonchev–Trinajstić information content (AvgIpc) is 2.73. The summed E-state index contributed by atoms with van der Waals surface area (Å²) in [5, 5.41) is 0. The molecule has 0 aliphatic rings. The van der Waals surface area contributed by atoms with E-state index in [4.69, 9.17) is 15.5 Å². The molecule has 19 heavy (non-hydrogen) atoms. The summed E-state index contributed by atoms with van der Waals surface area (Å²) < 4.78 is 7.75. The molecule has 0 unspecified atom stereocenters. The first kappa shape index (κ1) is 14.0. The van der Waals surface area contributed by atoms with Crippen LogP contribution in [0.15, 0.2) is 12.1 Å². The normalized spacial score (nSPS) is 11.4. The van der Waals surface area contributed by atoms with Gasteiger partial charge in [-0.3, -0.25) is 0 Å². The largest absolute Gasteiger partial charge is 0.378 e. The lowest BCUT2D eigenvalue weighted by molar-refractivity contribution is 0.133. The van der Waals surface area contributed by atoms with Gasteiger partial charge in [-0.05, 0) is 37.1 Å². The molecule has 0 atom stereocenters. The molecule has 0 aliphatic heterocycles. The lowest BCUT2D eigenvalue weighted by atomic mass is 10.1. The Morgan fingerprint density at radius 1 is 1.21 bits per heavy atom. The molecule has 2 N–H and O–H groups in total. The number of ether oxygens (including phenoxy) is 1. The van der Waals surface area contributed by atoms with Crippen LogP contribution in [0.5, 0.6) is 0 Å². The number of rotatable bonds is 6. The number of benzene rings is 1. The topological polar surface area (TPSA) is 53.1 Å². The average molecular weight is 261 g/mol. The minimum Gasteiger partial charge on any atom is -0.378 e. The van der Waals surface area contributed by atoms with Crippen LogP contribution in [0.4, 0.5) is 0 Å². The molecule has 104 valence electrons. The summed E-state index contributed by atoms with van der Waals surface area (Å²) in [4.78, 5) is 4.71. The molecule has 0 aliphatic carbocycles. The molecule has 1 aromatic heterocycles. The van der Waals surface area contributed by atoms with Gasteiger partial charge >= 0.3 is 0 Å². The molecule has 0 radical (unpaired) electrons. The first-order valence-electron chi connectivity index (χ1n) is 6.91. The lowest BCUT2D eigenvalue weighted by Gasteiger charge is -2.09. The van der Waals surface area contributed by atoms with E-state index in [2.05, 4.69) is 37.5 Å². The monoisotopic (exact) mass is 261 g/mol. The highest BCUT2D eigenvalue weighted by Crippen LogP contribution is 2.21. The van der Waals surface area contributed by atoms with Crippen molar-refractivity contribution in [3.8, 4) is 0 Å². The van der Waals surface area contributed by atoms with Gasteiger partial charge < -0.3 is 15.0 Å². The van der Waals surface area contributed by atoms with Gasteiger partial charge in [0.25, 0.3) is 0 Å². The highest BCUT2D eigenvalue weighted by atomic mass is 16.5. The summed E-state index contributed by atoms with van der Waals surface area (Å²) in [6, 6.07) is 4.39. The fraction of sp³-hybridized carbons (Fsp3) is 0.533. The molecule has 0 spiro atoms. The predicted octanol–water partition coefficient (Wildman–Crippen LogP) is 2.19. The van der Waals surface area contributed by atoms with Gasteiger partial charge in [-0.1, -0.05) is 6.92 Å². The second-order valence-electron chi connectivity index (χ2n) is 4.86. The smallest absolute Gasteiger partial charge is 0.109 e. The molecule has 0 amide bonds. The zero-order valence-electron chi connectivity index (χ0n) is 12.1. The molecule has 2 rings (SSSR count). The maximum absolute atomic E-state index is 5.48.